The summed E-state index contributed by atoms with van der Waals surface area (Å²) in [6.45, 7) is 7.89. The summed E-state index contributed by atoms with van der Waals surface area (Å²) in [4.78, 5) is 0. The number of hydrogen-bond acceptors (Lipinski definition) is 3. The number of phenolic OH excluding ortho intramolecular Hbond substituents is 1. The van der Waals surface area contributed by atoms with Crippen LogP contribution in [-0.2, 0) is 12.8 Å². The van der Waals surface area contributed by atoms with Crippen LogP contribution in [0.25, 0.3) is 0 Å². The molecule has 2 aromatic carbocycles. The van der Waals surface area contributed by atoms with Gasteiger partial charge in [0.2, 0.25) is 0 Å². The van der Waals surface area contributed by atoms with Gasteiger partial charge in [0.15, 0.2) is 0 Å². The summed E-state index contributed by atoms with van der Waals surface area (Å²) in [7, 11) is 0. The Balaban J connectivity index is 0.000000167. The van der Waals surface area contributed by atoms with E-state index in [0.29, 0.717) is 12.5 Å². The predicted octanol–water partition coefficient (Wildman–Crippen LogP) is 3.94. The molecule has 124 valence electrons. The Kier molecular flexibility index (Phi) is 5.67. The lowest BCUT2D eigenvalue weighted by Gasteiger charge is -2.07. The minimum Gasteiger partial charge on any atom is -0.508 e. The highest BCUT2D eigenvalue weighted by Crippen LogP contribution is 2.28. The van der Waals surface area contributed by atoms with Crippen molar-refractivity contribution in [3.05, 3.63) is 58.7 Å². The molecule has 0 aromatic heterocycles. The van der Waals surface area contributed by atoms with Crippen molar-refractivity contribution >= 4 is 0 Å². The highest BCUT2D eigenvalue weighted by Gasteiger charge is 2.17. The summed E-state index contributed by atoms with van der Waals surface area (Å²) in [5, 5.41) is 18.5. The number of benzene rings is 2. The first-order chi connectivity index (χ1) is 10.8. The van der Waals surface area contributed by atoms with E-state index in [0.717, 1.165) is 23.3 Å². The summed E-state index contributed by atoms with van der Waals surface area (Å²) in [5.74, 6) is 1.34. The van der Waals surface area contributed by atoms with Gasteiger partial charge in [-0.05, 0) is 51.0 Å². The second-order valence-corrected chi connectivity index (χ2v) is 6.43. The predicted molar refractivity (Wildman–Crippen MR) is 93.2 cm³/mol. The molecular weight excluding hydrogens is 288 g/mol. The second-order valence-electron chi connectivity index (χ2n) is 6.43. The van der Waals surface area contributed by atoms with Crippen molar-refractivity contribution in [1.29, 1.82) is 0 Å². The molecule has 0 bridgehead atoms. The quantitative estimate of drug-likeness (QED) is 0.882. The Morgan fingerprint density at radius 1 is 1.13 bits per heavy atom. The van der Waals surface area contributed by atoms with Gasteiger partial charge >= 0.3 is 0 Å². The van der Waals surface area contributed by atoms with Crippen molar-refractivity contribution in [1.82, 2.24) is 0 Å². The average molecular weight is 314 g/mol. The summed E-state index contributed by atoms with van der Waals surface area (Å²) >= 11 is 0. The Labute approximate surface area is 138 Å². The molecule has 2 atom stereocenters. The minimum atomic E-state index is -0.405. The monoisotopic (exact) mass is 314 g/mol. The molecule has 1 heterocycles. The summed E-state index contributed by atoms with van der Waals surface area (Å²) in [5.41, 5.74) is 4.59. The van der Waals surface area contributed by atoms with Crippen molar-refractivity contribution in [3.8, 4) is 11.5 Å². The van der Waals surface area contributed by atoms with Gasteiger partial charge in [0.05, 0.1) is 6.10 Å². The molecular formula is C20H26O3. The zero-order chi connectivity index (χ0) is 17.0. The lowest BCUT2D eigenvalue weighted by Crippen LogP contribution is -2.05. The fourth-order valence-electron chi connectivity index (χ4n) is 2.75. The minimum absolute atomic E-state index is 0.265. The van der Waals surface area contributed by atoms with Crippen molar-refractivity contribution < 1.29 is 14.9 Å². The molecule has 0 saturated carbocycles. The Morgan fingerprint density at radius 3 is 2.48 bits per heavy atom. The molecule has 3 heteroatoms. The number of fused-ring (bicyclic) bond motifs is 1. The number of rotatable bonds is 2. The third-order valence-corrected chi connectivity index (χ3v) is 3.80. The maximum absolute atomic E-state index is 9.37. The maximum atomic E-state index is 9.37. The molecule has 0 radical (unpaired) electrons. The van der Waals surface area contributed by atoms with Crippen LogP contribution < -0.4 is 4.74 Å². The molecule has 1 aliphatic rings. The van der Waals surface area contributed by atoms with Gasteiger partial charge in [-0.25, -0.2) is 0 Å². The van der Waals surface area contributed by atoms with Gasteiger partial charge in [-0.3, -0.25) is 0 Å². The molecule has 1 aliphatic heterocycles. The molecule has 3 nitrogen and oxygen atoms in total. The lowest BCUT2D eigenvalue weighted by molar-refractivity contribution is 0.194. The number of hydrogen-bond donors (Lipinski definition) is 2. The number of aryl methyl sites for hydroxylation is 2. The molecule has 0 aliphatic carbocycles. The Hall–Kier alpha value is -2.00. The maximum Gasteiger partial charge on any atom is 0.123 e. The molecule has 23 heavy (non-hydrogen) atoms. The highest BCUT2D eigenvalue weighted by molar-refractivity contribution is 5.40. The number of aromatic hydroxyl groups is 1. The molecule has 0 spiro atoms. The zero-order valence-corrected chi connectivity index (χ0v) is 14.3. The molecule has 0 amide bonds. The van der Waals surface area contributed by atoms with Gasteiger partial charge in [-0.2, -0.15) is 0 Å². The normalized spacial score (nSPS) is 16.8. The third kappa shape index (κ3) is 5.00. The van der Waals surface area contributed by atoms with Crippen LogP contribution in [0.3, 0.4) is 0 Å². The number of phenols is 1. The fraction of sp³-hybridized carbons (Fsp3) is 0.400. The van der Waals surface area contributed by atoms with Gasteiger partial charge in [0.25, 0.3) is 0 Å². The van der Waals surface area contributed by atoms with E-state index in [1.54, 1.807) is 13.0 Å². The first-order valence-electron chi connectivity index (χ1n) is 8.08. The summed E-state index contributed by atoms with van der Waals surface area (Å²) in [6, 6.07) is 11.8. The molecule has 2 N–H and O–H groups in total. The van der Waals surface area contributed by atoms with E-state index in [1.807, 2.05) is 19.1 Å². The van der Waals surface area contributed by atoms with Crippen molar-refractivity contribution in [2.45, 2.75) is 52.7 Å². The van der Waals surface area contributed by atoms with Crippen molar-refractivity contribution in [2.75, 3.05) is 0 Å². The Morgan fingerprint density at radius 2 is 1.78 bits per heavy atom. The van der Waals surface area contributed by atoms with Crippen LogP contribution in [0, 0.1) is 13.8 Å². The first-order valence-corrected chi connectivity index (χ1v) is 8.08. The fourth-order valence-corrected chi connectivity index (χ4v) is 2.75. The van der Waals surface area contributed by atoms with E-state index < -0.39 is 6.10 Å². The summed E-state index contributed by atoms with van der Waals surface area (Å²) < 4.78 is 5.56. The van der Waals surface area contributed by atoms with E-state index in [4.69, 9.17) is 9.84 Å². The van der Waals surface area contributed by atoms with Crippen molar-refractivity contribution in [2.24, 2.45) is 0 Å². The van der Waals surface area contributed by atoms with Crippen LogP contribution in [0.4, 0.5) is 0 Å². The Bertz CT molecular complexity index is 662. The van der Waals surface area contributed by atoms with Crippen molar-refractivity contribution in [3.63, 3.8) is 0 Å². The smallest absolute Gasteiger partial charge is 0.123 e. The van der Waals surface area contributed by atoms with Gasteiger partial charge in [-0.1, -0.05) is 35.4 Å². The van der Waals surface area contributed by atoms with Gasteiger partial charge < -0.3 is 14.9 Å². The van der Waals surface area contributed by atoms with E-state index >= 15 is 0 Å². The number of aliphatic hydroxyl groups excluding tert-OH is 1. The number of ether oxygens (including phenoxy) is 1. The molecule has 2 aromatic rings. The molecule has 0 fully saturated rings. The first kappa shape index (κ1) is 17.4. The van der Waals surface area contributed by atoms with Gasteiger partial charge in [0.1, 0.15) is 17.6 Å². The topological polar surface area (TPSA) is 49.7 Å². The SMILES string of the molecule is Cc1ccc(O)c(C[C@@H](C)O)c1.Cc1ccc2c(c1)C[C@H](C)O2. The van der Waals surface area contributed by atoms with Crippen LogP contribution in [0.5, 0.6) is 11.5 Å². The second kappa shape index (κ2) is 7.51. The van der Waals surface area contributed by atoms with Crippen LogP contribution in [-0.4, -0.2) is 22.4 Å². The van der Waals surface area contributed by atoms with Crippen LogP contribution >= 0.6 is 0 Å². The van der Waals surface area contributed by atoms with Crippen LogP contribution in [0.2, 0.25) is 0 Å². The van der Waals surface area contributed by atoms with Crippen LogP contribution in [0.15, 0.2) is 36.4 Å². The zero-order valence-electron chi connectivity index (χ0n) is 14.3. The summed E-state index contributed by atoms with van der Waals surface area (Å²) in [6.07, 6.45) is 1.54. The van der Waals surface area contributed by atoms with Gasteiger partial charge in [0, 0.05) is 12.8 Å². The van der Waals surface area contributed by atoms with E-state index in [1.165, 1.54) is 11.1 Å². The molecule has 0 unspecified atom stereocenters. The number of aliphatic hydroxyl groups is 1. The highest BCUT2D eigenvalue weighted by atomic mass is 16.5. The lowest BCUT2D eigenvalue weighted by atomic mass is 10.1. The van der Waals surface area contributed by atoms with E-state index in [2.05, 4.69) is 32.0 Å². The third-order valence-electron chi connectivity index (χ3n) is 3.80. The molecule has 3 rings (SSSR count). The largest absolute Gasteiger partial charge is 0.508 e. The molecule has 0 saturated heterocycles. The van der Waals surface area contributed by atoms with E-state index in [9.17, 15) is 5.11 Å². The average Bonchev–Trinajstić information content (AvgIpc) is 2.82. The standard InChI is InChI=1S/C10H14O2.C10H12O/c1-7-3-4-10(12)9(5-7)6-8(2)11;1-7-3-4-10-9(5-7)6-8(2)11-10/h3-5,8,11-12H,6H2,1-2H3;3-5,8H,6H2,1-2H3/t2*8-/m10/s1. The van der Waals surface area contributed by atoms with E-state index in [-0.39, 0.29) is 5.75 Å². The van der Waals surface area contributed by atoms with Gasteiger partial charge in [-0.15, -0.1) is 0 Å². The van der Waals surface area contributed by atoms with Crippen LogP contribution in [0.1, 0.15) is 36.1 Å².